The molecule has 0 fully saturated rings. The van der Waals surface area contributed by atoms with Gasteiger partial charge in [-0.2, -0.15) is 0 Å². The molecule has 14 heteroatoms. The second-order valence-corrected chi connectivity index (χ2v) is 11.2. The van der Waals surface area contributed by atoms with Gasteiger partial charge in [0.05, 0.1) is 30.1 Å². The molecule has 35 heavy (non-hydrogen) atoms. The molecule has 0 aliphatic carbocycles. The second kappa shape index (κ2) is 12.2. The van der Waals surface area contributed by atoms with Crippen molar-refractivity contribution < 1.29 is 27.5 Å². The number of halogens is 1. The molecule has 0 aliphatic rings. The molecule has 0 unspecified atom stereocenters. The molecule has 0 radical (unpaired) electrons. The molecule has 0 aliphatic heterocycles. The number of carbonyl (C=O) groups excluding carboxylic acids is 2. The van der Waals surface area contributed by atoms with E-state index in [4.69, 9.17) is 16.3 Å². The van der Waals surface area contributed by atoms with Gasteiger partial charge in [-0.25, -0.2) is 8.42 Å². The molecule has 1 N–H and O–H groups in total. The van der Waals surface area contributed by atoms with Gasteiger partial charge in [-0.3, -0.25) is 19.2 Å². The quantitative estimate of drug-likeness (QED) is 0.213. The smallest absolute Gasteiger partial charge is 0.316 e. The minimum Gasteiger partial charge on any atom is -0.494 e. The van der Waals surface area contributed by atoms with Crippen LogP contribution in [-0.4, -0.2) is 56.5 Å². The molecule has 0 bridgehead atoms. The van der Waals surface area contributed by atoms with Crippen LogP contribution in [0.1, 0.15) is 6.92 Å². The van der Waals surface area contributed by atoms with Gasteiger partial charge in [0, 0.05) is 5.02 Å². The molecule has 1 heterocycles. The van der Waals surface area contributed by atoms with Crippen LogP contribution in [0.2, 0.25) is 5.02 Å². The average molecular weight is 557 g/mol. The van der Waals surface area contributed by atoms with E-state index in [1.807, 2.05) is 6.92 Å². The number of amides is 1. The lowest BCUT2D eigenvalue weighted by atomic mass is 10.3. The highest BCUT2D eigenvalue weighted by Gasteiger charge is 2.28. The number of sulfonamides is 1. The van der Waals surface area contributed by atoms with Gasteiger partial charge in [-0.15, -0.1) is 10.2 Å². The number of thioether (sulfide) groups is 1. The van der Waals surface area contributed by atoms with Gasteiger partial charge in [0.25, 0.3) is 10.0 Å². The molecule has 186 valence electrons. The van der Waals surface area contributed by atoms with E-state index in [-0.39, 0.29) is 21.5 Å². The SMILES string of the molecule is CCOc1ccc(N(CC(=O)Nc2nnc(SCC(=O)OC)s2)S(=O)(=O)c2ccc(Cl)cc2)cc1. The summed E-state index contributed by atoms with van der Waals surface area (Å²) in [5, 5.41) is 10.9. The predicted octanol–water partition coefficient (Wildman–Crippen LogP) is 3.69. The van der Waals surface area contributed by atoms with E-state index in [1.165, 1.54) is 31.4 Å². The van der Waals surface area contributed by atoms with Crippen LogP contribution in [0, 0.1) is 0 Å². The van der Waals surface area contributed by atoms with Crippen LogP contribution in [-0.2, 0) is 24.3 Å². The predicted molar refractivity (Wildman–Crippen MR) is 135 cm³/mol. The third kappa shape index (κ3) is 7.31. The maximum atomic E-state index is 13.4. The molecule has 2 aromatic carbocycles. The third-order valence-corrected chi connectivity index (χ3v) is 8.30. The summed E-state index contributed by atoms with van der Waals surface area (Å²) in [5.41, 5.74) is 0.269. The van der Waals surface area contributed by atoms with Gasteiger partial charge >= 0.3 is 5.97 Å². The van der Waals surface area contributed by atoms with E-state index < -0.39 is 28.4 Å². The Morgan fingerprint density at radius 1 is 1.11 bits per heavy atom. The maximum Gasteiger partial charge on any atom is 0.316 e. The number of hydrogen-bond acceptors (Lipinski definition) is 10. The van der Waals surface area contributed by atoms with Crippen molar-refractivity contribution in [1.29, 1.82) is 0 Å². The van der Waals surface area contributed by atoms with Crippen molar-refractivity contribution in [1.82, 2.24) is 10.2 Å². The highest BCUT2D eigenvalue weighted by Crippen LogP contribution is 2.28. The number of esters is 1. The minimum atomic E-state index is -4.11. The fraction of sp³-hybridized carbons (Fsp3) is 0.238. The summed E-state index contributed by atoms with van der Waals surface area (Å²) >= 11 is 8.07. The largest absolute Gasteiger partial charge is 0.494 e. The first kappa shape index (κ1) is 26.7. The number of methoxy groups -OCH3 is 1. The zero-order chi connectivity index (χ0) is 25.4. The van der Waals surface area contributed by atoms with Crippen molar-refractivity contribution in [3.8, 4) is 5.75 Å². The Hall–Kier alpha value is -2.87. The van der Waals surface area contributed by atoms with Crippen LogP contribution >= 0.6 is 34.7 Å². The number of nitrogens with one attached hydrogen (secondary N) is 1. The van der Waals surface area contributed by atoms with Crippen molar-refractivity contribution >= 4 is 67.4 Å². The van der Waals surface area contributed by atoms with E-state index in [1.54, 1.807) is 24.3 Å². The lowest BCUT2D eigenvalue weighted by Gasteiger charge is -2.24. The van der Waals surface area contributed by atoms with Crippen LogP contribution in [0.25, 0.3) is 0 Å². The number of rotatable bonds is 11. The summed E-state index contributed by atoms with van der Waals surface area (Å²) < 4.78 is 38.3. The monoisotopic (exact) mass is 556 g/mol. The molecular formula is C21H21ClN4O6S3. The topological polar surface area (TPSA) is 128 Å². The van der Waals surface area contributed by atoms with E-state index in [9.17, 15) is 18.0 Å². The molecule has 0 saturated heterocycles. The zero-order valence-corrected chi connectivity index (χ0v) is 21.8. The number of carbonyl (C=O) groups is 2. The van der Waals surface area contributed by atoms with Gasteiger partial charge < -0.3 is 9.47 Å². The summed E-state index contributed by atoms with van der Waals surface area (Å²) in [4.78, 5) is 24.1. The fourth-order valence-corrected chi connectivity index (χ4v) is 5.86. The first-order valence-corrected chi connectivity index (χ1v) is 13.7. The number of nitrogens with zero attached hydrogens (tertiary/aromatic N) is 3. The fourth-order valence-electron chi connectivity index (χ4n) is 2.71. The molecule has 3 rings (SSSR count). The second-order valence-electron chi connectivity index (χ2n) is 6.68. The van der Waals surface area contributed by atoms with Crippen LogP contribution < -0.4 is 14.4 Å². The summed E-state index contributed by atoms with van der Waals surface area (Å²) in [5.74, 6) is -0.439. The highest BCUT2D eigenvalue weighted by molar-refractivity contribution is 8.01. The molecule has 0 atom stereocenters. The van der Waals surface area contributed by atoms with Crippen LogP contribution in [0.15, 0.2) is 57.8 Å². The van der Waals surface area contributed by atoms with Gasteiger partial charge in [-0.05, 0) is 55.5 Å². The van der Waals surface area contributed by atoms with Gasteiger partial charge in [0.15, 0.2) is 4.34 Å². The first-order chi connectivity index (χ1) is 16.7. The summed E-state index contributed by atoms with van der Waals surface area (Å²) in [7, 11) is -2.83. The summed E-state index contributed by atoms with van der Waals surface area (Å²) in [6.45, 7) is 1.77. The summed E-state index contributed by atoms with van der Waals surface area (Å²) in [6.07, 6.45) is 0. The molecule has 1 aromatic heterocycles. The van der Waals surface area contributed by atoms with Crippen LogP contribution in [0.3, 0.4) is 0 Å². The Morgan fingerprint density at radius 3 is 2.43 bits per heavy atom. The minimum absolute atomic E-state index is 0.0269. The highest BCUT2D eigenvalue weighted by atomic mass is 35.5. The average Bonchev–Trinajstić information content (AvgIpc) is 3.29. The van der Waals surface area contributed by atoms with E-state index in [0.29, 0.717) is 21.7 Å². The van der Waals surface area contributed by atoms with Gasteiger partial charge in [0.2, 0.25) is 11.0 Å². The van der Waals surface area contributed by atoms with E-state index in [0.717, 1.165) is 27.4 Å². The van der Waals surface area contributed by atoms with Crippen LogP contribution in [0.5, 0.6) is 5.75 Å². The van der Waals surface area contributed by atoms with Crippen molar-refractivity contribution in [3.05, 3.63) is 53.6 Å². The number of hydrogen-bond donors (Lipinski definition) is 1. The van der Waals surface area contributed by atoms with Crippen molar-refractivity contribution in [2.75, 3.05) is 35.6 Å². The number of anilines is 2. The normalized spacial score (nSPS) is 11.1. The standard InChI is InChI=1S/C21H21ClN4O6S3/c1-3-32-16-8-6-15(7-9-16)26(35(29,30)17-10-4-14(22)5-11-17)12-18(27)23-20-24-25-21(34-20)33-13-19(28)31-2/h4-11H,3,12-13H2,1-2H3,(H,23,24,27). The van der Waals surface area contributed by atoms with Gasteiger partial charge in [0.1, 0.15) is 12.3 Å². The van der Waals surface area contributed by atoms with Gasteiger partial charge in [-0.1, -0.05) is 34.7 Å². The molecule has 0 spiro atoms. The summed E-state index contributed by atoms with van der Waals surface area (Å²) in [6, 6.07) is 12.0. The Balaban J connectivity index is 1.81. The number of ether oxygens (including phenoxy) is 2. The van der Waals surface area contributed by atoms with Crippen LogP contribution in [0.4, 0.5) is 10.8 Å². The molecular weight excluding hydrogens is 536 g/mol. The number of benzene rings is 2. The number of aromatic nitrogens is 2. The van der Waals surface area contributed by atoms with Crippen molar-refractivity contribution in [2.45, 2.75) is 16.2 Å². The lowest BCUT2D eigenvalue weighted by Crippen LogP contribution is -2.38. The Morgan fingerprint density at radius 2 is 1.80 bits per heavy atom. The zero-order valence-electron chi connectivity index (χ0n) is 18.6. The van der Waals surface area contributed by atoms with E-state index >= 15 is 0 Å². The molecule has 3 aromatic rings. The Labute approximate surface area is 215 Å². The lowest BCUT2D eigenvalue weighted by molar-refractivity contribution is -0.137. The third-order valence-electron chi connectivity index (χ3n) is 4.32. The molecule has 0 saturated carbocycles. The molecule has 10 nitrogen and oxygen atoms in total. The van der Waals surface area contributed by atoms with Crippen molar-refractivity contribution in [3.63, 3.8) is 0 Å². The Bertz CT molecular complexity index is 1270. The van der Waals surface area contributed by atoms with E-state index in [2.05, 4.69) is 20.3 Å². The van der Waals surface area contributed by atoms with Crippen molar-refractivity contribution in [2.24, 2.45) is 0 Å². The maximum absolute atomic E-state index is 13.4. The first-order valence-electron chi connectivity index (χ1n) is 10.1. The Kier molecular flexibility index (Phi) is 9.32. The molecule has 1 amide bonds.